The molecule has 0 aliphatic heterocycles. The van der Waals surface area contributed by atoms with E-state index in [1.54, 1.807) is 0 Å². The van der Waals surface area contributed by atoms with Gasteiger partial charge in [-0.05, 0) is 38.0 Å². The quantitative estimate of drug-likeness (QED) is 0.768. The van der Waals surface area contributed by atoms with E-state index in [2.05, 4.69) is 31.8 Å². The second kappa shape index (κ2) is 4.82. The van der Waals surface area contributed by atoms with Crippen LogP contribution in [0.2, 0.25) is 5.02 Å². The van der Waals surface area contributed by atoms with Gasteiger partial charge in [0.15, 0.2) is 0 Å². The Bertz CT molecular complexity index is 356. The molecule has 1 nitrogen and oxygen atoms in total. The molecule has 1 aromatic carbocycles. The molecule has 0 saturated carbocycles. The van der Waals surface area contributed by atoms with Crippen molar-refractivity contribution in [2.45, 2.75) is 32.9 Å². The Morgan fingerprint density at radius 3 is 2.67 bits per heavy atom. The molecule has 0 aliphatic rings. The van der Waals surface area contributed by atoms with Gasteiger partial charge in [-0.2, -0.15) is 0 Å². The van der Waals surface area contributed by atoms with E-state index in [-0.39, 0.29) is 5.54 Å². The van der Waals surface area contributed by atoms with Crippen molar-refractivity contribution in [3.8, 4) is 0 Å². The Labute approximate surface area is 97.1 Å². The van der Waals surface area contributed by atoms with Crippen LogP contribution in [0, 0.1) is 6.92 Å². The molecule has 0 aliphatic carbocycles. The Hall–Kier alpha value is -0.790. The van der Waals surface area contributed by atoms with E-state index in [0.29, 0.717) is 0 Å². The third kappa shape index (κ3) is 3.69. The van der Waals surface area contributed by atoms with Crippen LogP contribution in [0.15, 0.2) is 30.9 Å². The summed E-state index contributed by atoms with van der Waals surface area (Å²) >= 11 is 5.96. The SMILES string of the molecule is C=CC(C)(C)NCc1ccc(Cl)c(C)c1. The molecular formula is C13H18ClN. The molecule has 0 unspecified atom stereocenters. The average molecular weight is 224 g/mol. The molecule has 0 atom stereocenters. The van der Waals surface area contributed by atoms with Gasteiger partial charge in [-0.3, -0.25) is 0 Å². The number of nitrogens with one attached hydrogen (secondary N) is 1. The lowest BCUT2D eigenvalue weighted by atomic mass is 10.1. The smallest absolute Gasteiger partial charge is 0.0435 e. The first-order valence-corrected chi connectivity index (χ1v) is 5.46. The first-order chi connectivity index (χ1) is 6.94. The number of benzene rings is 1. The van der Waals surface area contributed by atoms with Gasteiger partial charge in [0, 0.05) is 17.1 Å². The van der Waals surface area contributed by atoms with Crippen molar-refractivity contribution in [1.29, 1.82) is 0 Å². The molecule has 0 radical (unpaired) electrons. The first-order valence-electron chi connectivity index (χ1n) is 5.08. The fourth-order valence-corrected chi connectivity index (χ4v) is 1.34. The molecule has 82 valence electrons. The van der Waals surface area contributed by atoms with Crippen molar-refractivity contribution in [2.75, 3.05) is 0 Å². The lowest BCUT2D eigenvalue weighted by Crippen LogP contribution is -2.36. The highest BCUT2D eigenvalue weighted by atomic mass is 35.5. The molecule has 0 spiro atoms. The van der Waals surface area contributed by atoms with E-state index in [1.807, 2.05) is 25.1 Å². The van der Waals surface area contributed by atoms with Crippen LogP contribution in [0.3, 0.4) is 0 Å². The monoisotopic (exact) mass is 223 g/mol. The van der Waals surface area contributed by atoms with Crippen molar-refractivity contribution in [3.63, 3.8) is 0 Å². The van der Waals surface area contributed by atoms with Crippen molar-refractivity contribution in [3.05, 3.63) is 47.0 Å². The molecule has 15 heavy (non-hydrogen) atoms. The highest BCUT2D eigenvalue weighted by molar-refractivity contribution is 6.31. The van der Waals surface area contributed by atoms with Crippen molar-refractivity contribution < 1.29 is 0 Å². The number of aryl methyl sites for hydroxylation is 1. The molecule has 0 fully saturated rings. The van der Waals surface area contributed by atoms with E-state index in [4.69, 9.17) is 11.6 Å². The minimum Gasteiger partial charge on any atom is -0.304 e. The van der Waals surface area contributed by atoms with Gasteiger partial charge >= 0.3 is 0 Å². The average Bonchev–Trinajstić information content (AvgIpc) is 2.20. The maximum absolute atomic E-state index is 5.96. The Morgan fingerprint density at radius 1 is 1.47 bits per heavy atom. The van der Waals surface area contributed by atoms with E-state index in [9.17, 15) is 0 Å². The summed E-state index contributed by atoms with van der Waals surface area (Å²) in [7, 11) is 0. The predicted molar refractivity (Wildman–Crippen MR) is 67.3 cm³/mol. The van der Waals surface area contributed by atoms with Crippen LogP contribution in [0.5, 0.6) is 0 Å². The van der Waals surface area contributed by atoms with Crippen LogP contribution in [0.4, 0.5) is 0 Å². The summed E-state index contributed by atoms with van der Waals surface area (Å²) in [6, 6.07) is 6.09. The zero-order valence-electron chi connectivity index (χ0n) is 9.60. The van der Waals surface area contributed by atoms with Crippen LogP contribution in [-0.4, -0.2) is 5.54 Å². The molecule has 0 saturated heterocycles. The van der Waals surface area contributed by atoms with E-state index in [0.717, 1.165) is 17.1 Å². The predicted octanol–water partition coefficient (Wildman–Crippen LogP) is 3.70. The minimum absolute atomic E-state index is 0.0342. The molecule has 1 N–H and O–H groups in total. The number of rotatable bonds is 4. The number of halogens is 1. The summed E-state index contributed by atoms with van der Waals surface area (Å²) < 4.78 is 0. The van der Waals surface area contributed by atoms with Gasteiger partial charge in [0.1, 0.15) is 0 Å². The van der Waals surface area contributed by atoms with Crippen LogP contribution in [0.25, 0.3) is 0 Å². The van der Waals surface area contributed by atoms with E-state index < -0.39 is 0 Å². The van der Waals surface area contributed by atoms with Crippen molar-refractivity contribution in [1.82, 2.24) is 5.32 Å². The van der Waals surface area contributed by atoms with Crippen LogP contribution >= 0.6 is 11.6 Å². The fourth-order valence-electron chi connectivity index (χ4n) is 1.22. The summed E-state index contributed by atoms with van der Waals surface area (Å²) in [6.07, 6.45) is 1.91. The zero-order chi connectivity index (χ0) is 11.5. The highest BCUT2D eigenvalue weighted by Crippen LogP contribution is 2.16. The van der Waals surface area contributed by atoms with Gasteiger partial charge in [-0.1, -0.05) is 29.8 Å². The maximum Gasteiger partial charge on any atom is 0.0435 e. The second-order valence-electron chi connectivity index (χ2n) is 4.36. The third-order valence-electron chi connectivity index (χ3n) is 2.48. The van der Waals surface area contributed by atoms with Gasteiger partial charge in [-0.25, -0.2) is 0 Å². The summed E-state index contributed by atoms with van der Waals surface area (Å²) in [5.74, 6) is 0. The largest absolute Gasteiger partial charge is 0.304 e. The van der Waals surface area contributed by atoms with Gasteiger partial charge in [0.05, 0.1) is 0 Å². The lowest BCUT2D eigenvalue weighted by Gasteiger charge is -2.22. The first kappa shape index (κ1) is 12.3. The second-order valence-corrected chi connectivity index (χ2v) is 4.77. The molecule has 1 rings (SSSR count). The standard InChI is InChI=1S/C13H18ClN/c1-5-13(3,4)15-9-11-6-7-12(14)10(2)8-11/h5-8,15H,1,9H2,2-4H3. The van der Waals surface area contributed by atoms with Crippen molar-refractivity contribution >= 4 is 11.6 Å². The maximum atomic E-state index is 5.96. The Kier molecular flexibility index (Phi) is 3.95. The van der Waals surface area contributed by atoms with E-state index >= 15 is 0 Å². The molecule has 0 amide bonds. The summed E-state index contributed by atoms with van der Waals surface area (Å²) in [4.78, 5) is 0. The normalized spacial score (nSPS) is 11.5. The molecular weight excluding hydrogens is 206 g/mol. The van der Waals surface area contributed by atoms with Gasteiger partial charge in [0.2, 0.25) is 0 Å². The van der Waals surface area contributed by atoms with Crippen LogP contribution in [-0.2, 0) is 6.54 Å². The lowest BCUT2D eigenvalue weighted by molar-refractivity contribution is 0.475. The van der Waals surface area contributed by atoms with Crippen LogP contribution < -0.4 is 5.32 Å². The number of hydrogen-bond donors (Lipinski definition) is 1. The fraction of sp³-hybridized carbons (Fsp3) is 0.385. The van der Waals surface area contributed by atoms with Gasteiger partial charge in [0.25, 0.3) is 0 Å². The van der Waals surface area contributed by atoms with E-state index in [1.165, 1.54) is 5.56 Å². The molecule has 0 heterocycles. The summed E-state index contributed by atoms with van der Waals surface area (Å²) in [6.45, 7) is 10.8. The minimum atomic E-state index is -0.0342. The van der Waals surface area contributed by atoms with Gasteiger partial charge < -0.3 is 5.32 Å². The molecule has 2 heteroatoms. The van der Waals surface area contributed by atoms with Crippen molar-refractivity contribution in [2.24, 2.45) is 0 Å². The Balaban J connectivity index is 2.66. The molecule has 0 bridgehead atoms. The molecule has 1 aromatic rings. The zero-order valence-corrected chi connectivity index (χ0v) is 10.4. The Morgan fingerprint density at radius 2 is 2.13 bits per heavy atom. The third-order valence-corrected chi connectivity index (χ3v) is 2.90. The summed E-state index contributed by atoms with van der Waals surface area (Å²) in [5.41, 5.74) is 2.33. The van der Waals surface area contributed by atoms with Crippen LogP contribution in [0.1, 0.15) is 25.0 Å². The highest BCUT2D eigenvalue weighted by Gasteiger charge is 2.10. The molecule has 0 aromatic heterocycles. The summed E-state index contributed by atoms with van der Waals surface area (Å²) in [5, 5.41) is 4.23. The van der Waals surface area contributed by atoms with Gasteiger partial charge in [-0.15, -0.1) is 6.58 Å². The topological polar surface area (TPSA) is 12.0 Å². The number of hydrogen-bond acceptors (Lipinski definition) is 1.